The zero-order valence-electron chi connectivity index (χ0n) is 37.4. The second kappa shape index (κ2) is 19.6. The monoisotopic (exact) mass is 860 g/mol. The SMILES string of the molecule is CC(C)(C)OC(=O)N1CCc2ccc(OCC(=O)c3ccc(-c4ccccc4)cc3)cc21.CC(C)(C)OC(=O)N1CCc2ccc(OCC(O)c3ccc(-c4ccccc4)cc3)cc21. The molecule has 330 valence electrons. The summed E-state index contributed by atoms with van der Waals surface area (Å²) in [6.07, 6.45) is 0.0669. The lowest BCUT2D eigenvalue weighted by Crippen LogP contribution is -2.35. The maximum atomic E-state index is 12.6. The summed E-state index contributed by atoms with van der Waals surface area (Å²) in [5, 5.41) is 10.6. The van der Waals surface area contributed by atoms with E-state index in [9.17, 15) is 19.5 Å². The Kier molecular flexibility index (Phi) is 13.9. The average Bonchev–Trinajstić information content (AvgIpc) is 3.92. The van der Waals surface area contributed by atoms with Crippen LogP contribution in [-0.4, -0.2) is 60.6 Å². The van der Waals surface area contributed by atoms with Gasteiger partial charge >= 0.3 is 12.2 Å². The van der Waals surface area contributed by atoms with Gasteiger partial charge in [0.15, 0.2) is 12.4 Å². The Labute approximate surface area is 376 Å². The van der Waals surface area contributed by atoms with E-state index in [1.165, 1.54) is 0 Å². The lowest BCUT2D eigenvalue weighted by Gasteiger charge is -2.25. The molecule has 0 radical (unpaired) electrons. The van der Waals surface area contributed by atoms with Crippen molar-refractivity contribution < 1.29 is 38.4 Å². The maximum absolute atomic E-state index is 12.6. The predicted octanol–water partition coefficient (Wildman–Crippen LogP) is 11.7. The van der Waals surface area contributed by atoms with Crippen molar-refractivity contribution in [2.24, 2.45) is 0 Å². The molecule has 10 heteroatoms. The van der Waals surface area contributed by atoms with Gasteiger partial charge in [-0.1, -0.05) is 121 Å². The molecule has 1 N–H and O–H groups in total. The van der Waals surface area contributed by atoms with Crippen molar-refractivity contribution in [2.45, 2.75) is 71.7 Å². The van der Waals surface area contributed by atoms with E-state index in [0.29, 0.717) is 30.2 Å². The highest BCUT2D eigenvalue weighted by molar-refractivity contribution is 5.98. The minimum absolute atomic E-state index is 0.0735. The molecule has 0 saturated heterocycles. The predicted molar refractivity (Wildman–Crippen MR) is 251 cm³/mol. The molecule has 1 atom stereocenters. The van der Waals surface area contributed by atoms with Crippen LogP contribution in [0.1, 0.15) is 74.7 Å². The Morgan fingerprint density at radius 1 is 0.547 bits per heavy atom. The summed E-state index contributed by atoms with van der Waals surface area (Å²) in [6, 6.07) is 46.8. The van der Waals surface area contributed by atoms with Gasteiger partial charge in [0.1, 0.15) is 35.4 Å². The zero-order valence-corrected chi connectivity index (χ0v) is 37.4. The normalized spacial score (nSPS) is 13.5. The van der Waals surface area contributed by atoms with Gasteiger partial charge < -0.3 is 24.1 Å². The summed E-state index contributed by atoms with van der Waals surface area (Å²) >= 11 is 0. The molecule has 10 nitrogen and oxygen atoms in total. The van der Waals surface area contributed by atoms with Crippen molar-refractivity contribution in [3.05, 3.63) is 168 Å². The van der Waals surface area contributed by atoms with Gasteiger partial charge in [-0.2, -0.15) is 0 Å². The second-order valence-electron chi connectivity index (χ2n) is 17.8. The summed E-state index contributed by atoms with van der Waals surface area (Å²) in [5.74, 6) is 1.06. The first-order valence-corrected chi connectivity index (χ1v) is 21.6. The van der Waals surface area contributed by atoms with E-state index in [1.807, 2.05) is 169 Å². The third-order valence-corrected chi connectivity index (χ3v) is 10.6. The number of hydrogen-bond donors (Lipinski definition) is 1. The Balaban J connectivity index is 0.000000191. The lowest BCUT2D eigenvalue weighted by molar-refractivity contribution is 0.0573. The summed E-state index contributed by atoms with van der Waals surface area (Å²) in [7, 11) is 0. The number of Topliss-reactive ketones (excluding diaryl/α,β-unsaturated/α-hetero) is 1. The van der Waals surface area contributed by atoms with Crippen LogP contribution in [0.4, 0.5) is 21.0 Å². The quantitative estimate of drug-likeness (QED) is 0.135. The Hall–Kier alpha value is -6.91. The number of hydrogen-bond acceptors (Lipinski definition) is 8. The van der Waals surface area contributed by atoms with Crippen molar-refractivity contribution in [3.8, 4) is 33.8 Å². The molecular weight excluding hydrogens is 805 g/mol. The van der Waals surface area contributed by atoms with Gasteiger partial charge in [0.25, 0.3) is 0 Å². The minimum atomic E-state index is -0.755. The van der Waals surface area contributed by atoms with Crippen molar-refractivity contribution in [1.29, 1.82) is 0 Å². The largest absolute Gasteiger partial charge is 0.490 e. The Morgan fingerprint density at radius 2 is 0.969 bits per heavy atom. The molecule has 0 spiro atoms. The lowest BCUT2D eigenvalue weighted by atomic mass is 10.0. The summed E-state index contributed by atoms with van der Waals surface area (Å²) in [5.41, 5.74) is 8.41. The molecule has 1 unspecified atom stereocenters. The fourth-order valence-corrected chi connectivity index (χ4v) is 7.42. The van der Waals surface area contributed by atoms with Gasteiger partial charge in [-0.3, -0.25) is 14.6 Å². The van der Waals surface area contributed by atoms with Crippen LogP contribution < -0.4 is 19.3 Å². The molecule has 2 amide bonds. The molecule has 2 heterocycles. The number of nitrogens with zero attached hydrogens (tertiary/aromatic N) is 2. The van der Waals surface area contributed by atoms with Crippen LogP contribution in [-0.2, 0) is 22.3 Å². The third-order valence-electron chi connectivity index (χ3n) is 10.6. The fraction of sp³-hybridized carbons (Fsp3) is 0.278. The van der Waals surface area contributed by atoms with E-state index >= 15 is 0 Å². The maximum Gasteiger partial charge on any atom is 0.414 e. The Morgan fingerprint density at radius 3 is 1.42 bits per heavy atom. The summed E-state index contributed by atoms with van der Waals surface area (Å²) in [4.78, 5) is 41.0. The van der Waals surface area contributed by atoms with Crippen molar-refractivity contribution >= 4 is 29.3 Å². The van der Waals surface area contributed by atoms with E-state index < -0.39 is 17.3 Å². The smallest absolute Gasteiger partial charge is 0.414 e. The molecule has 8 rings (SSSR count). The molecule has 64 heavy (non-hydrogen) atoms. The number of rotatable bonds is 10. The van der Waals surface area contributed by atoms with E-state index in [4.69, 9.17) is 18.9 Å². The highest BCUT2D eigenvalue weighted by Gasteiger charge is 2.31. The number of ketones is 1. The second-order valence-corrected chi connectivity index (χ2v) is 17.8. The van der Waals surface area contributed by atoms with Crippen LogP contribution >= 0.6 is 0 Å². The summed E-state index contributed by atoms with van der Waals surface area (Å²) < 4.78 is 22.7. The van der Waals surface area contributed by atoms with Crippen LogP contribution in [0.3, 0.4) is 0 Å². The van der Waals surface area contributed by atoms with Crippen LogP contribution in [0.2, 0.25) is 0 Å². The first kappa shape index (κ1) is 45.1. The molecule has 2 aliphatic rings. The average molecular weight is 861 g/mol. The molecule has 0 saturated carbocycles. The fourth-order valence-electron chi connectivity index (χ4n) is 7.42. The number of aliphatic hydroxyl groups is 1. The standard InChI is InChI=1S/C27H29NO4.C27H27NO4/c2*1-27(2,3)32-26(30)28-16-15-21-13-14-23(17-24(21)28)31-18-25(29)22-11-9-20(10-12-22)19-7-5-4-6-8-19/h4-14,17,25,29H,15-16,18H2,1-3H3;4-14,17H,15-16,18H2,1-3H3. The highest BCUT2D eigenvalue weighted by Crippen LogP contribution is 2.35. The van der Waals surface area contributed by atoms with E-state index in [2.05, 4.69) is 12.1 Å². The van der Waals surface area contributed by atoms with Crippen molar-refractivity contribution in [3.63, 3.8) is 0 Å². The number of anilines is 2. The van der Waals surface area contributed by atoms with Crippen LogP contribution in [0.5, 0.6) is 11.5 Å². The molecule has 0 aromatic heterocycles. The summed E-state index contributed by atoms with van der Waals surface area (Å²) in [6.45, 7) is 12.3. The topological polar surface area (TPSA) is 115 Å². The van der Waals surface area contributed by atoms with E-state index in [0.717, 1.165) is 63.2 Å². The Bertz CT molecular complexity index is 2540. The molecular formula is C54H56N2O8. The molecule has 2 aliphatic heterocycles. The van der Waals surface area contributed by atoms with Crippen molar-refractivity contribution in [2.75, 3.05) is 36.1 Å². The molecule has 0 fully saturated rings. The first-order chi connectivity index (χ1) is 30.6. The number of amides is 2. The van der Waals surface area contributed by atoms with Crippen molar-refractivity contribution in [1.82, 2.24) is 0 Å². The number of aliphatic hydroxyl groups excluding tert-OH is 1. The molecule has 0 aliphatic carbocycles. The molecule has 6 aromatic carbocycles. The molecule has 0 bridgehead atoms. The van der Waals surface area contributed by atoms with Gasteiger partial charge in [-0.15, -0.1) is 0 Å². The third kappa shape index (κ3) is 11.8. The highest BCUT2D eigenvalue weighted by atomic mass is 16.6. The van der Waals surface area contributed by atoms with Gasteiger partial charge in [-0.05, 0) is 105 Å². The van der Waals surface area contributed by atoms with Gasteiger partial charge in [0.2, 0.25) is 0 Å². The van der Waals surface area contributed by atoms with E-state index in [-0.39, 0.29) is 31.2 Å². The van der Waals surface area contributed by atoms with Gasteiger partial charge in [-0.25, -0.2) is 9.59 Å². The number of fused-ring (bicyclic) bond motifs is 2. The van der Waals surface area contributed by atoms with Crippen LogP contribution in [0, 0.1) is 0 Å². The zero-order chi connectivity index (χ0) is 45.4. The number of carbonyl (C=O) groups is 3. The number of benzene rings is 6. The number of ether oxygens (including phenoxy) is 4. The van der Waals surface area contributed by atoms with E-state index in [1.54, 1.807) is 15.9 Å². The van der Waals surface area contributed by atoms with Crippen LogP contribution in [0.25, 0.3) is 22.3 Å². The minimum Gasteiger partial charge on any atom is -0.490 e. The molecule has 6 aromatic rings. The van der Waals surface area contributed by atoms with Crippen LogP contribution in [0.15, 0.2) is 146 Å². The number of carbonyl (C=O) groups excluding carboxylic acids is 3. The van der Waals surface area contributed by atoms with Gasteiger partial charge in [0, 0.05) is 30.8 Å². The first-order valence-electron chi connectivity index (χ1n) is 21.6. The van der Waals surface area contributed by atoms with Gasteiger partial charge in [0.05, 0.1) is 11.4 Å².